The number of benzene rings is 1. The van der Waals surface area contributed by atoms with Crippen LogP contribution >= 0.6 is 11.6 Å². The topological polar surface area (TPSA) is 30.0 Å². The molecule has 6 heteroatoms. The van der Waals surface area contributed by atoms with Crippen molar-refractivity contribution in [2.75, 3.05) is 64.3 Å². The number of piperazine rings is 2. The Morgan fingerprint density at radius 3 is 2.33 bits per heavy atom. The SMILES string of the molecule is C[C@H](C(=O)N1CCN(C)CC1)N1CCN(c2cccc(Cl)c2)CC1. The van der Waals surface area contributed by atoms with E-state index in [9.17, 15) is 4.79 Å². The van der Waals surface area contributed by atoms with Crippen LogP contribution in [0.25, 0.3) is 0 Å². The molecule has 0 unspecified atom stereocenters. The number of rotatable bonds is 3. The maximum absolute atomic E-state index is 12.7. The first kappa shape index (κ1) is 17.5. The number of anilines is 1. The van der Waals surface area contributed by atoms with Gasteiger partial charge in [0.1, 0.15) is 0 Å². The minimum absolute atomic E-state index is 0.0325. The van der Waals surface area contributed by atoms with Crippen LogP contribution in [0.2, 0.25) is 5.02 Å². The monoisotopic (exact) mass is 350 g/mol. The average Bonchev–Trinajstić information content (AvgIpc) is 2.61. The highest BCUT2D eigenvalue weighted by Crippen LogP contribution is 2.21. The highest BCUT2D eigenvalue weighted by molar-refractivity contribution is 6.30. The van der Waals surface area contributed by atoms with Crippen molar-refractivity contribution in [2.45, 2.75) is 13.0 Å². The van der Waals surface area contributed by atoms with E-state index in [0.29, 0.717) is 0 Å². The molecule has 3 rings (SSSR count). The molecule has 1 atom stereocenters. The Morgan fingerprint density at radius 2 is 1.71 bits per heavy atom. The number of hydrogen-bond acceptors (Lipinski definition) is 4. The van der Waals surface area contributed by atoms with E-state index >= 15 is 0 Å². The van der Waals surface area contributed by atoms with Crippen molar-refractivity contribution < 1.29 is 4.79 Å². The summed E-state index contributed by atoms with van der Waals surface area (Å²) in [5.74, 6) is 0.277. The van der Waals surface area contributed by atoms with Gasteiger partial charge in [0, 0.05) is 63.1 Å². The van der Waals surface area contributed by atoms with Crippen LogP contribution in [0.15, 0.2) is 24.3 Å². The van der Waals surface area contributed by atoms with Crippen LogP contribution in [0.3, 0.4) is 0 Å². The minimum Gasteiger partial charge on any atom is -0.369 e. The standard InChI is InChI=1S/C18H27ClN4O/c1-15(18(24)23-8-6-20(2)7-9-23)21-10-12-22(13-11-21)17-5-3-4-16(19)14-17/h3-5,14-15H,6-13H2,1-2H3/t15-/m1/s1. The van der Waals surface area contributed by atoms with Gasteiger partial charge < -0.3 is 14.7 Å². The lowest BCUT2D eigenvalue weighted by Crippen LogP contribution is -2.57. The van der Waals surface area contributed by atoms with E-state index in [4.69, 9.17) is 11.6 Å². The second-order valence-corrected chi connectivity index (χ2v) is 7.24. The van der Waals surface area contributed by atoms with Crippen molar-refractivity contribution in [3.05, 3.63) is 29.3 Å². The summed E-state index contributed by atoms with van der Waals surface area (Å²) < 4.78 is 0. The van der Waals surface area contributed by atoms with Crippen LogP contribution in [-0.4, -0.2) is 86.1 Å². The van der Waals surface area contributed by atoms with Crippen LogP contribution in [-0.2, 0) is 4.79 Å². The summed E-state index contributed by atoms with van der Waals surface area (Å²) in [4.78, 5) is 21.7. The molecule has 1 amide bonds. The molecular formula is C18H27ClN4O. The molecule has 2 aliphatic heterocycles. The number of halogens is 1. The van der Waals surface area contributed by atoms with E-state index in [1.54, 1.807) is 0 Å². The lowest BCUT2D eigenvalue weighted by molar-refractivity contribution is -0.138. The zero-order valence-corrected chi connectivity index (χ0v) is 15.4. The number of carbonyl (C=O) groups excluding carboxylic acids is 1. The van der Waals surface area contributed by atoms with Gasteiger partial charge in [-0.3, -0.25) is 9.69 Å². The Kier molecular flexibility index (Phi) is 5.64. The summed E-state index contributed by atoms with van der Waals surface area (Å²) in [6.45, 7) is 9.38. The second kappa shape index (κ2) is 7.72. The van der Waals surface area contributed by atoms with Crippen LogP contribution in [0.5, 0.6) is 0 Å². The molecule has 0 aliphatic carbocycles. The molecule has 24 heavy (non-hydrogen) atoms. The van der Waals surface area contributed by atoms with Crippen molar-refractivity contribution in [3.8, 4) is 0 Å². The predicted octanol–water partition coefficient (Wildman–Crippen LogP) is 1.62. The zero-order chi connectivity index (χ0) is 17.1. The molecule has 132 valence electrons. The van der Waals surface area contributed by atoms with Gasteiger partial charge in [-0.2, -0.15) is 0 Å². The van der Waals surface area contributed by atoms with Gasteiger partial charge in [0.05, 0.1) is 6.04 Å². The van der Waals surface area contributed by atoms with E-state index in [2.05, 4.69) is 34.7 Å². The molecule has 2 aliphatic rings. The van der Waals surface area contributed by atoms with Crippen molar-refractivity contribution >= 4 is 23.2 Å². The summed E-state index contributed by atoms with van der Waals surface area (Å²) in [6.07, 6.45) is 0. The maximum atomic E-state index is 12.7. The summed E-state index contributed by atoms with van der Waals surface area (Å²) >= 11 is 6.09. The predicted molar refractivity (Wildman–Crippen MR) is 98.8 cm³/mol. The fourth-order valence-electron chi connectivity index (χ4n) is 3.49. The summed E-state index contributed by atoms with van der Waals surface area (Å²) in [7, 11) is 2.11. The van der Waals surface area contributed by atoms with E-state index in [0.717, 1.165) is 57.4 Å². The molecule has 0 bridgehead atoms. The Hall–Kier alpha value is -1.30. The normalized spacial score (nSPS) is 21.8. The van der Waals surface area contributed by atoms with Gasteiger partial charge in [-0.05, 0) is 32.2 Å². The zero-order valence-electron chi connectivity index (χ0n) is 14.6. The first-order valence-corrected chi connectivity index (χ1v) is 9.14. The minimum atomic E-state index is -0.0325. The second-order valence-electron chi connectivity index (χ2n) is 6.81. The molecule has 1 aromatic rings. The number of amides is 1. The van der Waals surface area contributed by atoms with Gasteiger partial charge >= 0.3 is 0 Å². The number of hydrogen-bond donors (Lipinski definition) is 0. The Balaban J connectivity index is 1.53. The Morgan fingerprint density at radius 1 is 1.04 bits per heavy atom. The first-order chi connectivity index (χ1) is 11.5. The van der Waals surface area contributed by atoms with Crippen LogP contribution < -0.4 is 4.90 Å². The highest BCUT2D eigenvalue weighted by atomic mass is 35.5. The van der Waals surface area contributed by atoms with Gasteiger partial charge in [0.2, 0.25) is 5.91 Å². The molecule has 0 aromatic heterocycles. The third-order valence-electron chi connectivity index (χ3n) is 5.21. The van der Waals surface area contributed by atoms with E-state index in [1.807, 2.05) is 23.1 Å². The molecule has 2 heterocycles. The molecule has 1 aromatic carbocycles. The molecule has 5 nitrogen and oxygen atoms in total. The highest BCUT2D eigenvalue weighted by Gasteiger charge is 2.30. The van der Waals surface area contributed by atoms with Crippen LogP contribution in [0.4, 0.5) is 5.69 Å². The average molecular weight is 351 g/mol. The smallest absolute Gasteiger partial charge is 0.239 e. The molecule has 0 spiro atoms. The quantitative estimate of drug-likeness (QED) is 0.828. The van der Waals surface area contributed by atoms with Gasteiger partial charge in [0.15, 0.2) is 0 Å². The first-order valence-electron chi connectivity index (χ1n) is 8.76. The Bertz CT molecular complexity index is 566. The van der Waals surface area contributed by atoms with Crippen molar-refractivity contribution in [3.63, 3.8) is 0 Å². The number of likely N-dealkylation sites (N-methyl/N-ethyl adjacent to an activating group) is 1. The van der Waals surface area contributed by atoms with E-state index in [-0.39, 0.29) is 11.9 Å². The summed E-state index contributed by atoms with van der Waals surface area (Å²) in [6, 6.07) is 7.97. The lowest BCUT2D eigenvalue weighted by atomic mass is 10.1. The van der Waals surface area contributed by atoms with Crippen LogP contribution in [0.1, 0.15) is 6.92 Å². The number of nitrogens with zero attached hydrogens (tertiary/aromatic N) is 4. The molecular weight excluding hydrogens is 324 g/mol. The summed E-state index contributed by atoms with van der Waals surface area (Å²) in [5.41, 5.74) is 1.17. The van der Waals surface area contributed by atoms with Gasteiger partial charge in [-0.1, -0.05) is 17.7 Å². The third kappa shape index (κ3) is 4.02. The van der Waals surface area contributed by atoms with E-state index in [1.165, 1.54) is 5.69 Å². The van der Waals surface area contributed by atoms with Crippen molar-refractivity contribution in [2.24, 2.45) is 0 Å². The van der Waals surface area contributed by atoms with Gasteiger partial charge in [-0.25, -0.2) is 0 Å². The van der Waals surface area contributed by atoms with E-state index < -0.39 is 0 Å². The summed E-state index contributed by atoms with van der Waals surface area (Å²) in [5, 5.41) is 0.772. The lowest BCUT2D eigenvalue weighted by Gasteiger charge is -2.41. The molecule has 0 radical (unpaired) electrons. The van der Waals surface area contributed by atoms with Crippen LogP contribution in [0, 0.1) is 0 Å². The van der Waals surface area contributed by atoms with Gasteiger partial charge in [0.25, 0.3) is 0 Å². The fraction of sp³-hybridized carbons (Fsp3) is 0.611. The third-order valence-corrected chi connectivity index (χ3v) is 5.44. The number of carbonyl (C=O) groups is 1. The van der Waals surface area contributed by atoms with Crippen molar-refractivity contribution in [1.29, 1.82) is 0 Å². The maximum Gasteiger partial charge on any atom is 0.239 e. The molecule has 2 saturated heterocycles. The molecule has 0 saturated carbocycles. The largest absolute Gasteiger partial charge is 0.369 e. The fourth-order valence-corrected chi connectivity index (χ4v) is 3.67. The Labute approximate surface area is 149 Å². The van der Waals surface area contributed by atoms with Crippen molar-refractivity contribution in [1.82, 2.24) is 14.7 Å². The molecule has 0 N–H and O–H groups in total. The van der Waals surface area contributed by atoms with Gasteiger partial charge in [-0.15, -0.1) is 0 Å². The molecule has 2 fully saturated rings.